The fourth-order valence-electron chi connectivity index (χ4n) is 1.33. The Labute approximate surface area is 77.6 Å². The van der Waals surface area contributed by atoms with Crippen LogP contribution in [0.25, 0.3) is 0 Å². The topological polar surface area (TPSA) is 38.2 Å². The molecular weight excluding hydrogens is 166 g/mol. The van der Waals surface area contributed by atoms with Crippen LogP contribution in [0.4, 0.5) is 0 Å². The van der Waals surface area contributed by atoms with E-state index in [1.54, 1.807) is 12.4 Å². The first-order valence-electron chi connectivity index (χ1n) is 4.38. The van der Waals surface area contributed by atoms with Crippen LogP contribution in [0.2, 0.25) is 0 Å². The third-order valence-electron chi connectivity index (χ3n) is 2.08. The van der Waals surface area contributed by atoms with Crippen LogP contribution in [0, 0.1) is 6.92 Å². The molecule has 1 aromatic rings. The van der Waals surface area contributed by atoms with Crippen molar-refractivity contribution in [2.24, 2.45) is 0 Å². The number of likely N-dealkylation sites (N-methyl/N-ethyl adjacent to an activating group) is 1. The lowest BCUT2D eigenvalue weighted by atomic mass is 10.2. The highest BCUT2D eigenvalue weighted by molar-refractivity contribution is 5.07. The number of ether oxygens (including phenoxy) is 1. The van der Waals surface area contributed by atoms with Gasteiger partial charge in [-0.1, -0.05) is 0 Å². The molecule has 0 aliphatic carbocycles. The lowest BCUT2D eigenvalue weighted by molar-refractivity contribution is 0.0352. The van der Waals surface area contributed by atoms with Crippen LogP contribution in [0.1, 0.15) is 5.69 Å². The Morgan fingerprint density at radius 2 is 2.15 bits per heavy atom. The van der Waals surface area contributed by atoms with Crippen LogP contribution in [0.15, 0.2) is 12.4 Å². The molecule has 0 bridgehead atoms. The number of hydrogen-bond donors (Lipinski definition) is 0. The fourth-order valence-corrected chi connectivity index (χ4v) is 1.33. The molecule has 13 heavy (non-hydrogen) atoms. The number of aromatic nitrogens is 2. The van der Waals surface area contributed by atoms with Crippen LogP contribution in [0.5, 0.6) is 5.88 Å². The molecule has 0 unspecified atom stereocenters. The lowest BCUT2D eigenvalue weighted by Crippen LogP contribution is -2.51. The van der Waals surface area contributed by atoms with Crippen molar-refractivity contribution in [2.75, 3.05) is 20.1 Å². The molecule has 0 atom stereocenters. The zero-order chi connectivity index (χ0) is 9.26. The van der Waals surface area contributed by atoms with Gasteiger partial charge >= 0.3 is 0 Å². The Morgan fingerprint density at radius 3 is 2.69 bits per heavy atom. The molecule has 0 spiro atoms. The summed E-state index contributed by atoms with van der Waals surface area (Å²) in [5.74, 6) is 0.628. The maximum Gasteiger partial charge on any atom is 0.232 e. The van der Waals surface area contributed by atoms with E-state index in [-0.39, 0.29) is 0 Å². The number of rotatable bonds is 2. The molecule has 0 amide bonds. The SMILES string of the molecule is Cc1cnc(OC2CN(C)C2)cn1. The number of likely N-dealkylation sites (tertiary alicyclic amines) is 1. The van der Waals surface area contributed by atoms with Gasteiger partial charge < -0.3 is 4.74 Å². The van der Waals surface area contributed by atoms with Gasteiger partial charge in [-0.3, -0.25) is 9.88 Å². The van der Waals surface area contributed by atoms with Crippen molar-refractivity contribution in [1.29, 1.82) is 0 Å². The van der Waals surface area contributed by atoms with Gasteiger partial charge in [-0.25, -0.2) is 4.98 Å². The van der Waals surface area contributed by atoms with Crippen LogP contribution in [-0.4, -0.2) is 41.1 Å². The fraction of sp³-hybridized carbons (Fsp3) is 0.556. The van der Waals surface area contributed by atoms with Gasteiger partial charge in [0.15, 0.2) is 0 Å². The van der Waals surface area contributed by atoms with E-state index >= 15 is 0 Å². The molecule has 1 saturated heterocycles. The summed E-state index contributed by atoms with van der Waals surface area (Å²) in [4.78, 5) is 10.4. The summed E-state index contributed by atoms with van der Waals surface area (Å²) in [6.45, 7) is 3.87. The van der Waals surface area contributed by atoms with Crippen molar-refractivity contribution in [1.82, 2.24) is 14.9 Å². The van der Waals surface area contributed by atoms with Gasteiger partial charge in [0.25, 0.3) is 0 Å². The molecular formula is C9H13N3O. The molecule has 1 fully saturated rings. The maximum atomic E-state index is 5.56. The van der Waals surface area contributed by atoms with Crippen LogP contribution >= 0.6 is 0 Å². The zero-order valence-electron chi connectivity index (χ0n) is 7.90. The summed E-state index contributed by atoms with van der Waals surface area (Å²) in [7, 11) is 2.07. The Kier molecular flexibility index (Phi) is 2.14. The van der Waals surface area contributed by atoms with E-state index in [0.29, 0.717) is 12.0 Å². The van der Waals surface area contributed by atoms with Crippen LogP contribution < -0.4 is 4.74 Å². The van der Waals surface area contributed by atoms with Crippen molar-refractivity contribution < 1.29 is 4.74 Å². The molecule has 0 radical (unpaired) electrons. The first-order valence-corrected chi connectivity index (χ1v) is 4.38. The molecule has 1 aliphatic heterocycles. The summed E-state index contributed by atoms with van der Waals surface area (Å²) < 4.78 is 5.56. The number of hydrogen-bond acceptors (Lipinski definition) is 4. The second-order valence-electron chi connectivity index (χ2n) is 3.46. The molecule has 4 nitrogen and oxygen atoms in total. The Balaban J connectivity index is 1.91. The molecule has 2 heterocycles. The van der Waals surface area contributed by atoms with Gasteiger partial charge in [-0.05, 0) is 14.0 Å². The lowest BCUT2D eigenvalue weighted by Gasteiger charge is -2.35. The van der Waals surface area contributed by atoms with Crippen molar-refractivity contribution in [3.8, 4) is 5.88 Å². The molecule has 0 N–H and O–H groups in total. The maximum absolute atomic E-state index is 5.56. The van der Waals surface area contributed by atoms with Crippen molar-refractivity contribution in [3.63, 3.8) is 0 Å². The van der Waals surface area contributed by atoms with Crippen LogP contribution in [0.3, 0.4) is 0 Å². The monoisotopic (exact) mass is 179 g/mol. The Hall–Kier alpha value is -1.16. The summed E-state index contributed by atoms with van der Waals surface area (Å²) in [5, 5.41) is 0. The standard InChI is InChI=1S/C9H13N3O/c1-7-3-11-9(4-10-7)13-8-5-12(2)6-8/h3-4,8H,5-6H2,1-2H3. The first-order chi connectivity index (χ1) is 6.24. The first kappa shape index (κ1) is 8.44. The molecule has 1 aromatic heterocycles. The number of aryl methyl sites for hydroxylation is 1. The summed E-state index contributed by atoms with van der Waals surface area (Å²) in [6.07, 6.45) is 3.69. The quantitative estimate of drug-likeness (QED) is 0.661. The van der Waals surface area contributed by atoms with Crippen molar-refractivity contribution in [3.05, 3.63) is 18.1 Å². The Morgan fingerprint density at radius 1 is 1.38 bits per heavy atom. The molecule has 0 aromatic carbocycles. The molecule has 4 heteroatoms. The second kappa shape index (κ2) is 3.30. The normalized spacial score (nSPS) is 18.3. The summed E-state index contributed by atoms with van der Waals surface area (Å²) >= 11 is 0. The highest BCUT2D eigenvalue weighted by atomic mass is 16.5. The highest BCUT2D eigenvalue weighted by Crippen LogP contribution is 2.12. The van der Waals surface area contributed by atoms with E-state index in [4.69, 9.17) is 4.74 Å². The van der Waals surface area contributed by atoms with E-state index < -0.39 is 0 Å². The van der Waals surface area contributed by atoms with Gasteiger partial charge in [0.05, 0.1) is 18.1 Å². The van der Waals surface area contributed by atoms with Gasteiger partial charge in [-0.15, -0.1) is 0 Å². The minimum absolute atomic E-state index is 0.294. The van der Waals surface area contributed by atoms with Gasteiger partial charge in [0.2, 0.25) is 5.88 Å². The summed E-state index contributed by atoms with van der Waals surface area (Å²) in [5.41, 5.74) is 0.915. The van der Waals surface area contributed by atoms with Crippen molar-refractivity contribution in [2.45, 2.75) is 13.0 Å². The smallest absolute Gasteiger partial charge is 0.232 e. The average Bonchev–Trinajstić information content (AvgIpc) is 2.06. The summed E-state index contributed by atoms with van der Waals surface area (Å²) in [6, 6.07) is 0. The van der Waals surface area contributed by atoms with Gasteiger partial charge in [0.1, 0.15) is 6.10 Å². The second-order valence-corrected chi connectivity index (χ2v) is 3.46. The number of nitrogens with zero attached hydrogens (tertiary/aromatic N) is 3. The van der Waals surface area contributed by atoms with Gasteiger partial charge in [-0.2, -0.15) is 0 Å². The molecule has 1 aliphatic rings. The third kappa shape index (κ3) is 1.95. The third-order valence-corrected chi connectivity index (χ3v) is 2.08. The predicted octanol–water partition coefficient (Wildman–Crippen LogP) is 0.478. The Bertz CT molecular complexity index is 279. The van der Waals surface area contributed by atoms with E-state index in [0.717, 1.165) is 18.8 Å². The minimum atomic E-state index is 0.294. The largest absolute Gasteiger partial charge is 0.471 e. The minimum Gasteiger partial charge on any atom is -0.471 e. The van der Waals surface area contributed by atoms with E-state index in [1.165, 1.54) is 0 Å². The van der Waals surface area contributed by atoms with E-state index in [2.05, 4.69) is 21.9 Å². The highest BCUT2D eigenvalue weighted by Gasteiger charge is 2.25. The van der Waals surface area contributed by atoms with Crippen molar-refractivity contribution >= 4 is 0 Å². The molecule has 70 valence electrons. The average molecular weight is 179 g/mol. The molecule has 2 rings (SSSR count). The van der Waals surface area contributed by atoms with Gasteiger partial charge in [0, 0.05) is 13.1 Å². The predicted molar refractivity (Wildman–Crippen MR) is 48.7 cm³/mol. The van der Waals surface area contributed by atoms with Crippen LogP contribution in [-0.2, 0) is 0 Å². The van der Waals surface area contributed by atoms with E-state index in [9.17, 15) is 0 Å². The molecule has 0 saturated carbocycles. The van der Waals surface area contributed by atoms with E-state index in [1.807, 2.05) is 6.92 Å². The zero-order valence-corrected chi connectivity index (χ0v) is 7.90.